The number of rotatable bonds is 5. The van der Waals surface area contributed by atoms with Crippen LogP contribution in [0.4, 0.5) is 0 Å². The van der Waals surface area contributed by atoms with E-state index in [2.05, 4.69) is 31.4 Å². The molecule has 1 aliphatic rings. The molecule has 0 aromatic rings. The number of unbranched alkanes of at least 4 members (excludes halogenated alkanes) is 1. The Labute approximate surface area is 93.4 Å². The minimum atomic E-state index is 0.411. The van der Waals surface area contributed by atoms with Crippen molar-refractivity contribution in [2.45, 2.75) is 45.3 Å². The van der Waals surface area contributed by atoms with Gasteiger partial charge in [0.2, 0.25) is 0 Å². The largest absolute Gasteiger partial charge is 0.376 e. The van der Waals surface area contributed by atoms with Crippen LogP contribution in [0.15, 0.2) is 0 Å². The van der Waals surface area contributed by atoms with Crippen LogP contribution in [0.5, 0.6) is 0 Å². The van der Waals surface area contributed by atoms with Gasteiger partial charge in [-0.1, -0.05) is 6.92 Å². The van der Waals surface area contributed by atoms with Gasteiger partial charge in [-0.3, -0.25) is 4.90 Å². The Balaban J connectivity index is 2.29. The van der Waals surface area contributed by atoms with Crippen LogP contribution in [0.3, 0.4) is 0 Å². The number of hydrogen-bond donors (Lipinski definition) is 1. The summed E-state index contributed by atoms with van der Waals surface area (Å²) in [5.74, 6) is 1.01. The average Bonchev–Trinajstić information content (AvgIpc) is 2.19. The molecule has 3 heteroatoms. The summed E-state index contributed by atoms with van der Waals surface area (Å²) in [5, 5.41) is 0. The number of hydrogen-bond acceptors (Lipinski definition) is 3. The molecule has 0 aromatic heterocycles. The maximum Gasteiger partial charge on any atom is 0.0674 e. The lowest BCUT2D eigenvalue weighted by Gasteiger charge is -2.38. The molecule has 14 heavy (non-hydrogen) atoms. The van der Waals surface area contributed by atoms with Gasteiger partial charge < -0.3 is 4.74 Å². The molecule has 0 bridgehead atoms. The van der Waals surface area contributed by atoms with Crippen molar-refractivity contribution in [1.82, 2.24) is 4.90 Å². The smallest absolute Gasteiger partial charge is 0.0674 e. The van der Waals surface area contributed by atoms with Crippen LogP contribution in [-0.2, 0) is 4.74 Å². The summed E-state index contributed by atoms with van der Waals surface area (Å²) in [6.07, 6.45) is 4.11. The highest BCUT2D eigenvalue weighted by atomic mass is 32.1. The molecule has 0 aromatic carbocycles. The van der Waals surface area contributed by atoms with Crippen molar-refractivity contribution in [1.29, 1.82) is 0 Å². The van der Waals surface area contributed by atoms with Gasteiger partial charge in [0.1, 0.15) is 0 Å². The van der Waals surface area contributed by atoms with Crippen LogP contribution in [0.1, 0.15) is 33.1 Å². The summed E-state index contributed by atoms with van der Waals surface area (Å²) in [6.45, 7) is 7.64. The maximum atomic E-state index is 5.66. The molecule has 1 saturated heterocycles. The van der Waals surface area contributed by atoms with E-state index in [9.17, 15) is 0 Å². The van der Waals surface area contributed by atoms with Crippen molar-refractivity contribution in [3.63, 3.8) is 0 Å². The van der Waals surface area contributed by atoms with Gasteiger partial charge in [0.15, 0.2) is 0 Å². The van der Waals surface area contributed by atoms with E-state index in [-0.39, 0.29) is 0 Å². The highest BCUT2D eigenvalue weighted by Crippen LogP contribution is 2.15. The van der Waals surface area contributed by atoms with Crippen molar-refractivity contribution in [3.8, 4) is 0 Å². The first-order chi connectivity index (χ1) is 6.77. The lowest BCUT2D eigenvalue weighted by Crippen LogP contribution is -2.48. The Morgan fingerprint density at radius 2 is 2.21 bits per heavy atom. The van der Waals surface area contributed by atoms with Crippen molar-refractivity contribution in [2.75, 3.05) is 25.4 Å². The fourth-order valence-electron chi connectivity index (χ4n) is 1.99. The molecule has 2 unspecified atom stereocenters. The molecule has 2 nitrogen and oxygen atoms in total. The lowest BCUT2D eigenvalue weighted by atomic mass is 10.1. The van der Waals surface area contributed by atoms with E-state index >= 15 is 0 Å². The molecule has 0 spiro atoms. The Bertz CT molecular complexity index is 154. The molecule has 1 rings (SSSR count). The maximum absolute atomic E-state index is 5.66. The minimum Gasteiger partial charge on any atom is -0.376 e. The predicted molar refractivity (Wildman–Crippen MR) is 64.2 cm³/mol. The van der Waals surface area contributed by atoms with Gasteiger partial charge in [-0.25, -0.2) is 0 Å². The molecule has 0 N–H and O–H groups in total. The number of morpholine rings is 1. The SMILES string of the molecule is CCC1COC(C)CN1CCCCS. The Kier molecular flexibility index (Phi) is 5.90. The molecular formula is C11H23NOS. The molecule has 2 atom stereocenters. The summed E-state index contributed by atoms with van der Waals surface area (Å²) in [6, 6.07) is 0.645. The first kappa shape index (κ1) is 12.3. The molecule has 1 aliphatic heterocycles. The normalized spacial score (nSPS) is 29.4. The van der Waals surface area contributed by atoms with Crippen molar-refractivity contribution >= 4 is 12.6 Å². The monoisotopic (exact) mass is 217 g/mol. The zero-order chi connectivity index (χ0) is 10.4. The molecule has 0 aliphatic carbocycles. The van der Waals surface area contributed by atoms with Gasteiger partial charge in [-0.2, -0.15) is 12.6 Å². The van der Waals surface area contributed by atoms with Gasteiger partial charge in [0, 0.05) is 12.6 Å². The molecule has 84 valence electrons. The Morgan fingerprint density at radius 3 is 2.86 bits per heavy atom. The zero-order valence-electron chi connectivity index (χ0n) is 9.41. The Hall–Kier alpha value is 0.270. The van der Waals surface area contributed by atoms with Crippen LogP contribution in [0, 0.1) is 0 Å². The molecular weight excluding hydrogens is 194 g/mol. The van der Waals surface area contributed by atoms with E-state index in [1.54, 1.807) is 0 Å². The topological polar surface area (TPSA) is 12.5 Å². The first-order valence-corrected chi connectivity index (χ1v) is 6.37. The summed E-state index contributed by atoms with van der Waals surface area (Å²) in [4.78, 5) is 2.58. The predicted octanol–water partition coefficient (Wildman–Crippen LogP) is 2.20. The highest BCUT2D eigenvalue weighted by Gasteiger charge is 2.24. The van der Waals surface area contributed by atoms with E-state index in [1.807, 2.05) is 0 Å². The van der Waals surface area contributed by atoms with E-state index in [4.69, 9.17) is 4.74 Å². The van der Waals surface area contributed by atoms with Gasteiger partial charge in [0.05, 0.1) is 12.7 Å². The second-order valence-corrected chi connectivity index (χ2v) is 4.58. The highest BCUT2D eigenvalue weighted by molar-refractivity contribution is 7.80. The number of ether oxygens (including phenoxy) is 1. The van der Waals surface area contributed by atoms with Crippen molar-refractivity contribution < 1.29 is 4.74 Å². The summed E-state index contributed by atoms with van der Waals surface area (Å²) >= 11 is 4.24. The molecule has 0 radical (unpaired) electrons. The molecule has 1 fully saturated rings. The number of thiol groups is 1. The zero-order valence-corrected chi connectivity index (χ0v) is 10.3. The summed E-state index contributed by atoms with van der Waals surface area (Å²) in [5.41, 5.74) is 0. The van der Waals surface area contributed by atoms with Gasteiger partial charge in [-0.05, 0) is 38.5 Å². The lowest BCUT2D eigenvalue weighted by molar-refractivity contribution is -0.0559. The van der Waals surface area contributed by atoms with E-state index in [0.29, 0.717) is 12.1 Å². The van der Waals surface area contributed by atoms with Crippen LogP contribution in [0.2, 0.25) is 0 Å². The average molecular weight is 217 g/mol. The standard InChI is InChI=1S/C11H23NOS/c1-3-11-9-13-10(2)8-12(11)6-4-5-7-14/h10-11,14H,3-9H2,1-2H3. The second kappa shape index (κ2) is 6.70. The molecule has 1 heterocycles. The fourth-order valence-corrected chi connectivity index (χ4v) is 2.21. The van der Waals surface area contributed by atoms with Gasteiger partial charge in [-0.15, -0.1) is 0 Å². The second-order valence-electron chi connectivity index (χ2n) is 4.13. The van der Waals surface area contributed by atoms with E-state index in [0.717, 1.165) is 18.9 Å². The van der Waals surface area contributed by atoms with E-state index in [1.165, 1.54) is 25.8 Å². The van der Waals surface area contributed by atoms with Crippen molar-refractivity contribution in [3.05, 3.63) is 0 Å². The van der Waals surface area contributed by atoms with Crippen LogP contribution >= 0.6 is 12.6 Å². The molecule has 0 amide bonds. The van der Waals surface area contributed by atoms with Gasteiger partial charge in [0.25, 0.3) is 0 Å². The first-order valence-electron chi connectivity index (χ1n) is 5.74. The number of nitrogens with zero attached hydrogens (tertiary/aromatic N) is 1. The minimum absolute atomic E-state index is 0.411. The third-order valence-electron chi connectivity index (χ3n) is 2.91. The molecule has 0 saturated carbocycles. The van der Waals surface area contributed by atoms with Crippen molar-refractivity contribution in [2.24, 2.45) is 0 Å². The summed E-state index contributed by atoms with van der Waals surface area (Å²) < 4.78 is 5.66. The van der Waals surface area contributed by atoms with Crippen LogP contribution in [-0.4, -0.2) is 42.5 Å². The van der Waals surface area contributed by atoms with Gasteiger partial charge >= 0.3 is 0 Å². The van der Waals surface area contributed by atoms with E-state index < -0.39 is 0 Å². The Morgan fingerprint density at radius 1 is 1.43 bits per heavy atom. The van der Waals surface area contributed by atoms with Crippen LogP contribution in [0.25, 0.3) is 0 Å². The quantitative estimate of drug-likeness (QED) is 0.560. The fraction of sp³-hybridized carbons (Fsp3) is 1.00. The van der Waals surface area contributed by atoms with Crippen LogP contribution < -0.4 is 0 Å². The third kappa shape index (κ3) is 3.79. The summed E-state index contributed by atoms with van der Waals surface area (Å²) in [7, 11) is 0. The third-order valence-corrected chi connectivity index (χ3v) is 3.22.